The van der Waals surface area contributed by atoms with Crippen LogP contribution in [0, 0.1) is 0 Å². The number of piperidine rings is 1. The summed E-state index contributed by atoms with van der Waals surface area (Å²) in [6, 6.07) is 6.65. The Labute approximate surface area is 167 Å². The third-order valence-electron chi connectivity index (χ3n) is 5.27. The van der Waals surface area contributed by atoms with Gasteiger partial charge in [0.15, 0.2) is 5.82 Å². The van der Waals surface area contributed by atoms with E-state index in [0.29, 0.717) is 17.1 Å². The van der Waals surface area contributed by atoms with E-state index in [9.17, 15) is 8.78 Å². The standard InChI is InChI=1S/C20H22ClF2N5/c1-27-8-3-4-13(11-27)24-20-18-15(7-9-28(18)2)17(25-26-20)14-6-5-12(21)10-16(14)19(22)23/h5-7,9-10,13,19H,3-4,8,11H2,1-2H3,(H,24,26)/t13-/m1/s1. The molecule has 1 aliphatic heterocycles. The van der Waals surface area contributed by atoms with Crippen LogP contribution in [0.25, 0.3) is 22.2 Å². The summed E-state index contributed by atoms with van der Waals surface area (Å²) in [5, 5.41) is 13.3. The van der Waals surface area contributed by atoms with Crippen LogP contribution in [-0.4, -0.2) is 45.8 Å². The van der Waals surface area contributed by atoms with Gasteiger partial charge in [0, 0.05) is 47.4 Å². The molecule has 0 bridgehead atoms. The van der Waals surface area contributed by atoms with Crippen molar-refractivity contribution in [1.82, 2.24) is 19.7 Å². The Morgan fingerprint density at radius 3 is 2.79 bits per heavy atom. The molecule has 148 valence electrons. The second kappa shape index (κ2) is 7.64. The van der Waals surface area contributed by atoms with Crippen LogP contribution in [0.1, 0.15) is 24.8 Å². The Morgan fingerprint density at radius 2 is 2.04 bits per heavy atom. The maximum absolute atomic E-state index is 13.6. The van der Waals surface area contributed by atoms with Gasteiger partial charge < -0.3 is 14.8 Å². The maximum atomic E-state index is 13.6. The van der Waals surface area contributed by atoms with Crippen LogP contribution in [-0.2, 0) is 7.05 Å². The van der Waals surface area contributed by atoms with Gasteiger partial charge in [-0.25, -0.2) is 8.78 Å². The number of nitrogens with one attached hydrogen (secondary N) is 1. The van der Waals surface area contributed by atoms with Gasteiger partial charge in [0.05, 0.1) is 5.52 Å². The number of aromatic nitrogens is 3. The van der Waals surface area contributed by atoms with E-state index in [1.807, 2.05) is 23.9 Å². The van der Waals surface area contributed by atoms with Crippen molar-refractivity contribution in [1.29, 1.82) is 0 Å². The molecule has 0 radical (unpaired) electrons. The van der Waals surface area contributed by atoms with E-state index < -0.39 is 6.43 Å². The number of nitrogens with zero attached hydrogens (tertiary/aromatic N) is 4. The fourth-order valence-corrected chi connectivity index (χ4v) is 4.10. The highest BCUT2D eigenvalue weighted by Gasteiger charge is 2.23. The fourth-order valence-electron chi connectivity index (χ4n) is 3.92. The molecule has 1 saturated heterocycles. The number of halogens is 3. The zero-order valence-corrected chi connectivity index (χ0v) is 16.5. The van der Waals surface area contributed by atoms with Crippen LogP contribution in [0.4, 0.5) is 14.6 Å². The van der Waals surface area contributed by atoms with Crippen LogP contribution in [0.15, 0.2) is 30.5 Å². The lowest BCUT2D eigenvalue weighted by molar-refractivity contribution is 0.152. The molecule has 2 aromatic heterocycles. The van der Waals surface area contributed by atoms with Crippen molar-refractivity contribution in [3.63, 3.8) is 0 Å². The van der Waals surface area contributed by atoms with Crippen LogP contribution in [0.3, 0.4) is 0 Å². The first kappa shape index (κ1) is 19.1. The molecule has 1 aliphatic rings. The van der Waals surface area contributed by atoms with Gasteiger partial charge in [-0.15, -0.1) is 10.2 Å². The molecule has 1 fully saturated rings. The highest BCUT2D eigenvalue weighted by molar-refractivity contribution is 6.30. The first-order valence-electron chi connectivity index (χ1n) is 9.29. The van der Waals surface area contributed by atoms with Crippen LogP contribution >= 0.6 is 11.6 Å². The first-order valence-corrected chi connectivity index (χ1v) is 9.66. The second-order valence-corrected chi connectivity index (χ2v) is 7.80. The molecule has 28 heavy (non-hydrogen) atoms. The van der Waals surface area contributed by atoms with Crippen LogP contribution in [0.2, 0.25) is 5.02 Å². The van der Waals surface area contributed by atoms with E-state index in [1.165, 1.54) is 6.07 Å². The topological polar surface area (TPSA) is 46.0 Å². The van der Waals surface area contributed by atoms with Crippen molar-refractivity contribution >= 4 is 28.3 Å². The van der Waals surface area contributed by atoms with E-state index in [4.69, 9.17) is 11.6 Å². The Balaban J connectivity index is 1.79. The van der Waals surface area contributed by atoms with Gasteiger partial charge in [0.2, 0.25) is 0 Å². The molecule has 1 aromatic carbocycles. The van der Waals surface area contributed by atoms with Crippen molar-refractivity contribution in [3.05, 3.63) is 41.0 Å². The fraction of sp³-hybridized carbons (Fsp3) is 0.400. The van der Waals surface area contributed by atoms with Crippen molar-refractivity contribution in [2.75, 3.05) is 25.5 Å². The summed E-state index contributed by atoms with van der Waals surface area (Å²) in [4.78, 5) is 2.29. The third-order valence-corrected chi connectivity index (χ3v) is 5.51. The number of fused-ring (bicyclic) bond motifs is 1. The van der Waals surface area contributed by atoms with Crippen molar-refractivity contribution in [3.8, 4) is 11.3 Å². The largest absolute Gasteiger partial charge is 0.363 e. The minimum absolute atomic E-state index is 0.137. The SMILES string of the molecule is CN1CCC[C@@H](Nc2nnc(-c3ccc(Cl)cc3C(F)F)c3ccn(C)c23)C1. The number of likely N-dealkylation sites (N-methyl/N-ethyl adjacent to an activating group) is 1. The highest BCUT2D eigenvalue weighted by Crippen LogP contribution is 2.37. The highest BCUT2D eigenvalue weighted by atomic mass is 35.5. The maximum Gasteiger partial charge on any atom is 0.264 e. The van der Waals surface area contributed by atoms with Crippen molar-refractivity contribution < 1.29 is 8.78 Å². The van der Waals surface area contributed by atoms with Crippen LogP contribution < -0.4 is 5.32 Å². The van der Waals surface area contributed by atoms with E-state index >= 15 is 0 Å². The molecule has 1 N–H and O–H groups in total. The zero-order chi connectivity index (χ0) is 19.8. The molecule has 8 heteroatoms. The number of hydrogen-bond acceptors (Lipinski definition) is 4. The Bertz CT molecular complexity index is 1000. The molecule has 0 aliphatic carbocycles. The van der Waals surface area contributed by atoms with E-state index in [0.717, 1.165) is 36.8 Å². The van der Waals surface area contributed by atoms with Gasteiger partial charge in [0.1, 0.15) is 5.69 Å². The summed E-state index contributed by atoms with van der Waals surface area (Å²) < 4.78 is 29.1. The Hall–Kier alpha value is -2.25. The molecule has 0 saturated carbocycles. The summed E-state index contributed by atoms with van der Waals surface area (Å²) in [5.41, 5.74) is 1.51. The monoisotopic (exact) mass is 405 g/mol. The zero-order valence-electron chi connectivity index (χ0n) is 15.8. The summed E-state index contributed by atoms with van der Waals surface area (Å²) in [7, 11) is 4.02. The lowest BCUT2D eigenvalue weighted by Crippen LogP contribution is -2.40. The lowest BCUT2D eigenvalue weighted by atomic mass is 10.0. The lowest BCUT2D eigenvalue weighted by Gasteiger charge is -2.30. The number of alkyl halides is 2. The molecule has 3 aromatic rings. The quantitative estimate of drug-likeness (QED) is 0.681. The first-order chi connectivity index (χ1) is 13.4. The molecular weight excluding hydrogens is 384 g/mol. The second-order valence-electron chi connectivity index (χ2n) is 7.36. The van der Waals surface area contributed by atoms with E-state index in [2.05, 4.69) is 27.5 Å². The molecule has 0 amide bonds. The van der Waals surface area contributed by atoms with Gasteiger partial charge in [-0.1, -0.05) is 17.7 Å². The molecule has 4 rings (SSSR count). The van der Waals surface area contributed by atoms with Gasteiger partial charge in [0.25, 0.3) is 6.43 Å². The van der Waals surface area contributed by atoms with Gasteiger partial charge in [-0.3, -0.25) is 0 Å². The third kappa shape index (κ3) is 3.56. The van der Waals surface area contributed by atoms with Crippen LogP contribution in [0.5, 0.6) is 0 Å². The average molecular weight is 406 g/mol. The average Bonchev–Trinajstić information content (AvgIpc) is 3.05. The molecule has 1 atom stereocenters. The smallest absolute Gasteiger partial charge is 0.264 e. The number of likely N-dealkylation sites (tertiary alicyclic amines) is 1. The minimum atomic E-state index is -2.65. The van der Waals surface area contributed by atoms with Gasteiger partial charge in [-0.05, 0) is 44.6 Å². The number of hydrogen-bond donors (Lipinski definition) is 1. The predicted octanol–water partition coefficient (Wildman–Crippen LogP) is 4.73. The van der Waals surface area contributed by atoms with E-state index in [-0.39, 0.29) is 16.6 Å². The molecule has 5 nitrogen and oxygen atoms in total. The van der Waals surface area contributed by atoms with Gasteiger partial charge >= 0.3 is 0 Å². The number of benzene rings is 1. The molecular formula is C20H22ClF2N5. The molecule has 0 spiro atoms. The summed E-state index contributed by atoms with van der Waals surface area (Å²) in [5.74, 6) is 0.680. The normalized spacial score (nSPS) is 18.1. The van der Waals surface area contributed by atoms with Crippen molar-refractivity contribution in [2.24, 2.45) is 7.05 Å². The molecule has 3 heterocycles. The summed E-state index contributed by atoms with van der Waals surface area (Å²) >= 11 is 5.93. The number of anilines is 1. The number of aryl methyl sites for hydroxylation is 1. The summed E-state index contributed by atoms with van der Waals surface area (Å²) in [6.07, 6.45) is 1.43. The van der Waals surface area contributed by atoms with E-state index in [1.54, 1.807) is 12.1 Å². The minimum Gasteiger partial charge on any atom is -0.363 e. The number of rotatable bonds is 4. The molecule has 0 unspecified atom stereocenters. The predicted molar refractivity (Wildman–Crippen MR) is 108 cm³/mol. The summed E-state index contributed by atoms with van der Waals surface area (Å²) in [6.45, 7) is 2.03. The Morgan fingerprint density at radius 1 is 1.21 bits per heavy atom. The van der Waals surface area contributed by atoms with Crippen molar-refractivity contribution in [2.45, 2.75) is 25.3 Å². The van der Waals surface area contributed by atoms with Gasteiger partial charge in [-0.2, -0.15) is 0 Å². The Kier molecular flexibility index (Phi) is 5.21.